The zero-order chi connectivity index (χ0) is 10.7. The van der Waals surface area contributed by atoms with Crippen LogP contribution < -0.4 is 0 Å². The molecule has 1 N–H and O–H groups in total. The molecule has 0 amide bonds. The van der Waals surface area contributed by atoms with E-state index in [1.807, 2.05) is 0 Å². The van der Waals surface area contributed by atoms with E-state index in [1.165, 1.54) is 12.8 Å². The molecule has 0 aromatic rings. The van der Waals surface area contributed by atoms with Crippen molar-refractivity contribution in [2.75, 3.05) is 6.54 Å². The van der Waals surface area contributed by atoms with Crippen LogP contribution in [0.3, 0.4) is 0 Å². The molecular formula is C12H15N3O. The predicted octanol–water partition coefficient (Wildman–Crippen LogP) is 1.81. The maximum absolute atomic E-state index is 10.9. The van der Waals surface area contributed by atoms with Crippen molar-refractivity contribution >= 4 is 0 Å². The third-order valence-electron chi connectivity index (χ3n) is 6.91. The summed E-state index contributed by atoms with van der Waals surface area (Å²) in [4.78, 5) is 2.85. The van der Waals surface area contributed by atoms with E-state index in [0.717, 1.165) is 35.5 Å². The number of azide groups is 1. The van der Waals surface area contributed by atoms with Crippen LogP contribution in [0.5, 0.6) is 0 Å². The maximum Gasteiger partial charge on any atom is 0.0771 e. The second kappa shape index (κ2) is 2.14. The van der Waals surface area contributed by atoms with Crippen molar-refractivity contribution in [2.45, 2.75) is 18.4 Å². The molecule has 4 heteroatoms. The number of nitrogens with zero attached hydrogens (tertiary/aromatic N) is 3. The normalized spacial score (nSPS) is 70.8. The summed E-state index contributed by atoms with van der Waals surface area (Å²) >= 11 is 0. The number of rotatable bonds is 2. The molecule has 9 atom stereocenters. The molecule has 5 aliphatic rings. The van der Waals surface area contributed by atoms with Crippen LogP contribution in [-0.2, 0) is 0 Å². The molecule has 0 radical (unpaired) electrons. The van der Waals surface area contributed by atoms with Crippen LogP contribution in [0.4, 0.5) is 0 Å². The average molecular weight is 217 g/mol. The lowest BCUT2D eigenvalue weighted by atomic mass is 9.56. The quantitative estimate of drug-likeness (QED) is 0.427. The molecule has 0 heterocycles. The molecule has 5 saturated carbocycles. The van der Waals surface area contributed by atoms with E-state index in [0.29, 0.717) is 18.4 Å². The van der Waals surface area contributed by atoms with Crippen LogP contribution >= 0.6 is 0 Å². The fourth-order valence-electron chi connectivity index (χ4n) is 7.08. The van der Waals surface area contributed by atoms with Gasteiger partial charge in [-0.3, -0.25) is 0 Å². The molecule has 0 saturated heterocycles. The minimum absolute atomic E-state index is 0.332. The summed E-state index contributed by atoms with van der Waals surface area (Å²) in [5.41, 5.74) is 7.87. The van der Waals surface area contributed by atoms with E-state index in [-0.39, 0.29) is 0 Å². The molecular weight excluding hydrogens is 202 g/mol. The number of hydrogen-bond acceptors (Lipinski definition) is 2. The van der Waals surface area contributed by atoms with Gasteiger partial charge < -0.3 is 5.11 Å². The van der Waals surface area contributed by atoms with Gasteiger partial charge in [-0.1, -0.05) is 5.11 Å². The van der Waals surface area contributed by atoms with E-state index < -0.39 is 5.60 Å². The molecule has 0 spiro atoms. The second-order valence-corrected chi connectivity index (χ2v) is 6.71. The van der Waals surface area contributed by atoms with Crippen LogP contribution in [-0.4, -0.2) is 17.3 Å². The fourth-order valence-corrected chi connectivity index (χ4v) is 7.08. The lowest BCUT2D eigenvalue weighted by Gasteiger charge is -2.51. The van der Waals surface area contributed by atoms with E-state index in [9.17, 15) is 5.11 Å². The van der Waals surface area contributed by atoms with Crippen molar-refractivity contribution in [2.24, 2.45) is 52.5 Å². The van der Waals surface area contributed by atoms with Crippen molar-refractivity contribution in [3.63, 3.8) is 0 Å². The molecule has 0 aromatic carbocycles. The minimum Gasteiger partial charge on any atom is -0.389 e. The first-order valence-electron chi connectivity index (χ1n) is 6.50. The van der Waals surface area contributed by atoms with Gasteiger partial charge in [-0.2, -0.15) is 0 Å². The van der Waals surface area contributed by atoms with Crippen LogP contribution in [0.15, 0.2) is 5.11 Å². The molecule has 5 fully saturated rings. The van der Waals surface area contributed by atoms with Crippen LogP contribution in [0.25, 0.3) is 10.4 Å². The van der Waals surface area contributed by atoms with E-state index in [4.69, 9.17) is 5.53 Å². The molecule has 0 unspecified atom stereocenters. The Balaban J connectivity index is 1.67. The summed E-state index contributed by atoms with van der Waals surface area (Å²) in [6.45, 7) is 0.332. The van der Waals surface area contributed by atoms with Crippen molar-refractivity contribution in [3.8, 4) is 0 Å². The first-order chi connectivity index (χ1) is 7.77. The predicted molar refractivity (Wildman–Crippen MR) is 56.1 cm³/mol. The van der Waals surface area contributed by atoms with Gasteiger partial charge in [0.15, 0.2) is 0 Å². The zero-order valence-corrected chi connectivity index (χ0v) is 9.03. The molecule has 16 heavy (non-hydrogen) atoms. The van der Waals surface area contributed by atoms with Gasteiger partial charge in [0, 0.05) is 4.91 Å². The van der Waals surface area contributed by atoms with Gasteiger partial charge >= 0.3 is 0 Å². The van der Waals surface area contributed by atoms with Crippen molar-refractivity contribution < 1.29 is 5.11 Å². The topological polar surface area (TPSA) is 69.0 Å². The maximum atomic E-state index is 10.9. The SMILES string of the molecule is [N-]=[N+]=NC[C@@]1(O)[C@H]2[C@@H]3C[C@@H]4[C@H]5[C@H]3C[C@H]2[C@H]5[C@@H]41. The Hall–Kier alpha value is -0.730. The Labute approximate surface area is 93.7 Å². The lowest BCUT2D eigenvalue weighted by molar-refractivity contribution is -0.123. The summed E-state index contributed by atoms with van der Waals surface area (Å²) < 4.78 is 0. The summed E-state index contributed by atoms with van der Waals surface area (Å²) in [6.07, 6.45) is 2.74. The summed E-state index contributed by atoms with van der Waals surface area (Å²) in [5, 5.41) is 14.6. The highest BCUT2D eigenvalue weighted by molar-refractivity contribution is 5.32. The van der Waals surface area contributed by atoms with Gasteiger partial charge in [0.1, 0.15) is 0 Å². The van der Waals surface area contributed by atoms with E-state index in [1.54, 1.807) is 0 Å². The average Bonchev–Trinajstić information content (AvgIpc) is 2.73. The third kappa shape index (κ3) is 0.550. The monoisotopic (exact) mass is 217 g/mol. The van der Waals surface area contributed by atoms with Crippen molar-refractivity contribution in [1.29, 1.82) is 0 Å². The van der Waals surface area contributed by atoms with Gasteiger partial charge in [-0.25, -0.2) is 0 Å². The van der Waals surface area contributed by atoms with Crippen molar-refractivity contribution in [3.05, 3.63) is 10.4 Å². The molecule has 4 nitrogen and oxygen atoms in total. The molecule has 84 valence electrons. The first-order valence-corrected chi connectivity index (χ1v) is 6.50. The smallest absolute Gasteiger partial charge is 0.0771 e. The highest BCUT2D eigenvalue weighted by Crippen LogP contribution is 2.85. The van der Waals surface area contributed by atoms with Crippen molar-refractivity contribution in [1.82, 2.24) is 0 Å². The third-order valence-corrected chi connectivity index (χ3v) is 6.91. The Bertz CT molecular complexity index is 440. The zero-order valence-electron chi connectivity index (χ0n) is 9.03. The fraction of sp³-hybridized carbons (Fsp3) is 1.00. The first kappa shape index (κ1) is 8.37. The van der Waals surface area contributed by atoms with Gasteiger partial charge in [0.2, 0.25) is 0 Å². The van der Waals surface area contributed by atoms with Gasteiger partial charge in [-0.15, -0.1) is 0 Å². The highest BCUT2D eigenvalue weighted by atomic mass is 16.3. The lowest BCUT2D eigenvalue weighted by Crippen LogP contribution is -2.55. The highest BCUT2D eigenvalue weighted by Gasteiger charge is 2.84. The number of hydrogen-bond donors (Lipinski definition) is 1. The largest absolute Gasteiger partial charge is 0.389 e. The van der Waals surface area contributed by atoms with Gasteiger partial charge in [-0.05, 0) is 65.7 Å². The van der Waals surface area contributed by atoms with E-state index in [2.05, 4.69) is 10.0 Å². The minimum atomic E-state index is -0.614. The van der Waals surface area contributed by atoms with Crippen LogP contribution in [0.1, 0.15) is 12.8 Å². The van der Waals surface area contributed by atoms with Crippen LogP contribution in [0, 0.1) is 47.3 Å². The van der Waals surface area contributed by atoms with Gasteiger partial charge in [0.05, 0.1) is 12.1 Å². The number of fused-ring (bicyclic) bond motifs is 2. The Morgan fingerprint density at radius 2 is 1.88 bits per heavy atom. The molecule has 2 bridgehead atoms. The molecule has 0 aromatic heterocycles. The Morgan fingerprint density at radius 1 is 1.12 bits per heavy atom. The summed E-state index contributed by atoms with van der Waals surface area (Å²) in [6, 6.07) is 0. The summed E-state index contributed by atoms with van der Waals surface area (Å²) in [5.74, 6) is 5.99. The number of aliphatic hydroxyl groups is 1. The molecule has 0 aliphatic heterocycles. The standard InChI is InChI=1S/C12H15N3O/c13-15-14-3-12(16)10-5-2-6-8-4(5)1-7(10)9(8)11(6)12/h4-11,16H,1-3H2/t4-,5+,6+,7-,8+,9+,10-,11+,12+/m0/s1. The second-order valence-electron chi connectivity index (χ2n) is 6.71. The summed E-state index contributed by atoms with van der Waals surface area (Å²) in [7, 11) is 0. The molecule has 5 aliphatic carbocycles. The van der Waals surface area contributed by atoms with E-state index >= 15 is 0 Å². The molecule has 5 rings (SSSR count). The van der Waals surface area contributed by atoms with Gasteiger partial charge in [0.25, 0.3) is 0 Å². The Morgan fingerprint density at radius 3 is 2.69 bits per heavy atom. The van der Waals surface area contributed by atoms with Crippen LogP contribution in [0.2, 0.25) is 0 Å². The Kier molecular flexibility index (Phi) is 1.12.